The summed E-state index contributed by atoms with van der Waals surface area (Å²) >= 11 is 0. The Morgan fingerprint density at radius 3 is 2.79 bits per heavy atom. The Morgan fingerprint density at radius 2 is 2.15 bits per heavy atom. The number of sulfonamides is 1. The molecule has 0 saturated heterocycles. The van der Waals surface area contributed by atoms with Gasteiger partial charge in [0, 0.05) is 32.1 Å². The maximum Gasteiger partial charge on any atom is 0.317 e. The fraction of sp³-hybridized carbons (Fsp3) is 0.625. The minimum absolute atomic E-state index is 0.0973. The van der Waals surface area contributed by atoms with Gasteiger partial charge in [-0.25, -0.2) is 13.2 Å². The lowest BCUT2D eigenvalue weighted by Crippen LogP contribution is -2.51. The molecule has 1 aliphatic carbocycles. The molecule has 0 aromatic heterocycles. The van der Waals surface area contributed by atoms with Crippen LogP contribution in [0.3, 0.4) is 0 Å². The number of hydrogen-bond acceptors (Lipinski definition) is 5. The number of allylic oxidation sites excluding steroid dienone is 2. The molecule has 2 aliphatic rings. The van der Waals surface area contributed by atoms with Crippen molar-refractivity contribution in [3.8, 4) is 5.75 Å². The zero-order valence-corrected chi connectivity index (χ0v) is 20.9. The lowest BCUT2D eigenvalue weighted by Gasteiger charge is -2.37. The number of rotatable bonds is 7. The Hall–Kier alpha value is -2.10. The summed E-state index contributed by atoms with van der Waals surface area (Å²) < 4.78 is 34.8. The lowest BCUT2D eigenvalue weighted by molar-refractivity contribution is 0.0812. The SMILES string of the molecule is CCCNC(=O)N(C)C[C@@H]1Oc2cc(C3=CCCC3)ccc2S(=O)(=O)N([C@H](C)CO)C[C@@H]1C. The van der Waals surface area contributed by atoms with Crippen LogP contribution in [-0.4, -0.2) is 74.2 Å². The number of nitrogens with one attached hydrogen (secondary N) is 1. The molecule has 1 heterocycles. The normalized spacial score (nSPS) is 23.5. The highest BCUT2D eigenvalue weighted by Gasteiger charge is 2.38. The van der Waals surface area contributed by atoms with Gasteiger partial charge in [-0.15, -0.1) is 0 Å². The average molecular weight is 480 g/mol. The van der Waals surface area contributed by atoms with E-state index in [4.69, 9.17) is 4.74 Å². The molecule has 2 N–H and O–H groups in total. The first-order valence-electron chi connectivity index (χ1n) is 11.8. The number of carbonyl (C=O) groups excluding carboxylic acids is 1. The predicted octanol–water partition coefficient (Wildman–Crippen LogP) is 3.07. The van der Waals surface area contributed by atoms with E-state index in [0.29, 0.717) is 18.8 Å². The van der Waals surface area contributed by atoms with Crippen molar-refractivity contribution in [3.05, 3.63) is 29.8 Å². The first kappa shape index (κ1) is 25.5. The van der Waals surface area contributed by atoms with Gasteiger partial charge in [-0.3, -0.25) is 0 Å². The molecule has 9 heteroatoms. The summed E-state index contributed by atoms with van der Waals surface area (Å²) in [6.07, 6.45) is 5.67. The molecular formula is C24H37N3O5S. The van der Waals surface area contributed by atoms with E-state index in [0.717, 1.165) is 31.2 Å². The molecule has 1 aromatic rings. The minimum atomic E-state index is -3.87. The van der Waals surface area contributed by atoms with Gasteiger partial charge < -0.3 is 20.1 Å². The zero-order chi connectivity index (χ0) is 24.2. The molecule has 33 heavy (non-hydrogen) atoms. The van der Waals surface area contributed by atoms with Crippen molar-refractivity contribution in [3.63, 3.8) is 0 Å². The molecule has 0 bridgehead atoms. The second kappa shape index (κ2) is 10.9. The summed E-state index contributed by atoms with van der Waals surface area (Å²) in [5.41, 5.74) is 2.16. The van der Waals surface area contributed by atoms with Crippen LogP contribution in [-0.2, 0) is 10.0 Å². The molecule has 3 rings (SSSR count). The van der Waals surface area contributed by atoms with Crippen molar-refractivity contribution in [1.29, 1.82) is 0 Å². The van der Waals surface area contributed by atoms with Gasteiger partial charge >= 0.3 is 6.03 Å². The van der Waals surface area contributed by atoms with E-state index in [2.05, 4.69) is 11.4 Å². The van der Waals surface area contributed by atoms with Crippen molar-refractivity contribution in [2.45, 2.75) is 63.5 Å². The van der Waals surface area contributed by atoms with E-state index >= 15 is 0 Å². The van der Waals surface area contributed by atoms with Gasteiger partial charge in [0.25, 0.3) is 0 Å². The third-order valence-electron chi connectivity index (χ3n) is 6.41. The number of hydrogen-bond donors (Lipinski definition) is 2. The van der Waals surface area contributed by atoms with Gasteiger partial charge in [-0.05, 0) is 55.9 Å². The van der Waals surface area contributed by atoms with Crippen molar-refractivity contribution >= 4 is 21.6 Å². The van der Waals surface area contributed by atoms with Gasteiger partial charge in [0.2, 0.25) is 10.0 Å². The fourth-order valence-electron chi connectivity index (χ4n) is 4.30. The molecule has 2 amide bonds. The van der Waals surface area contributed by atoms with Crippen LogP contribution in [0.25, 0.3) is 5.57 Å². The Balaban J connectivity index is 2.00. The van der Waals surface area contributed by atoms with Gasteiger partial charge in [-0.1, -0.05) is 26.0 Å². The Bertz CT molecular complexity index is 978. The first-order valence-corrected chi connectivity index (χ1v) is 13.2. The van der Waals surface area contributed by atoms with Crippen LogP contribution in [0, 0.1) is 5.92 Å². The van der Waals surface area contributed by atoms with E-state index in [1.165, 1.54) is 9.88 Å². The number of carbonyl (C=O) groups is 1. The molecule has 184 valence electrons. The topological polar surface area (TPSA) is 99.2 Å². The van der Waals surface area contributed by atoms with E-state index in [1.54, 1.807) is 24.9 Å². The van der Waals surface area contributed by atoms with Gasteiger partial charge in [0.1, 0.15) is 16.7 Å². The molecule has 0 saturated carbocycles. The monoisotopic (exact) mass is 479 g/mol. The standard InChI is InChI=1S/C24H37N3O5S/c1-5-12-25-24(29)26(4)15-22-17(2)14-27(18(3)16-28)33(30,31)23-11-10-20(13-21(23)32-22)19-8-6-7-9-19/h8,10-11,13,17-18,22,28H,5-7,9,12,14-16H2,1-4H3,(H,25,29)/t17-,18+,22-/m0/s1. The summed E-state index contributed by atoms with van der Waals surface area (Å²) in [6.45, 7) is 6.41. The van der Waals surface area contributed by atoms with E-state index < -0.39 is 22.2 Å². The van der Waals surface area contributed by atoms with Crippen molar-refractivity contribution < 1.29 is 23.1 Å². The summed E-state index contributed by atoms with van der Waals surface area (Å²) in [5, 5.41) is 12.6. The summed E-state index contributed by atoms with van der Waals surface area (Å²) in [5.74, 6) is 0.0899. The first-order chi connectivity index (χ1) is 15.7. The van der Waals surface area contributed by atoms with Crippen LogP contribution < -0.4 is 10.1 Å². The molecular weight excluding hydrogens is 442 g/mol. The van der Waals surface area contributed by atoms with E-state index in [-0.39, 0.29) is 30.0 Å². The van der Waals surface area contributed by atoms with Crippen LogP contribution in [0.5, 0.6) is 5.75 Å². The Kier molecular flexibility index (Phi) is 8.42. The molecule has 1 aliphatic heterocycles. The number of likely N-dealkylation sites (N-methyl/N-ethyl adjacent to an activating group) is 1. The number of fused-ring (bicyclic) bond motifs is 1. The van der Waals surface area contributed by atoms with E-state index in [9.17, 15) is 18.3 Å². The minimum Gasteiger partial charge on any atom is -0.487 e. The number of amides is 2. The van der Waals surface area contributed by atoms with Crippen LogP contribution in [0.15, 0.2) is 29.2 Å². The number of aliphatic hydroxyl groups is 1. The molecule has 8 nitrogen and oxygen atoms in total. The predicted molar refractivity (Wildman–Crippen MR) is 129 cm³/mol. The van der Waals surface area contributed by atoms with Crippen LogP contribution in [0.1, 0.15) is 52.0 Å². The quantitative estimate of drug-likeness (QED) is 0.626. The van der Waals surface area contributed by atoms with Crippen LogP contribution >= 0.6 is 0 Å². The zero-order valence-electron chi connectivity index (χ0n) is 20.1. The third kappa shape index (κ3) is 5.70. The smallest absolute Gasteiger partial charge is 0.317 e. The van der Waals surface area contributed by atoms with Crippen LogP contribution in [0.2, 0.25) is 0 Å². The molecule has 0 radical (unpaired) electrons. The molecule has 3 atom stereocenters. The Labute approximate surface area is 197 Å². The maximum atomic E-state index is 13.6. The fourth-order valence-corrected chi connectivity index (χ4v) is 6.12. The highest BCUT2D eigenvalue weighted by Crippen LogP contribution is 2.37. The molecule has 0 unspecified atom stereocenters. The largest absolute Gasteiger partial charge is 0.487 e. The maximum absolute atomic E-state index is 13.6. The van der Waals surface area contributed by atoms with Crippen LogP contribution in [0.4, 0.5) is 4.79 Å². The number of benzene rings is 1. The van der Waals surface area contributed by atoms with Gasteiger partial charge in [-0.2, -0.15) is 4.31 Å². The third-order valence-corrected chi connectivity index (χ3v) is 8.43. The molecule has 0 spiro atoms. The molecule has 1 aromatic carbocycles. The summed E-state index contributed by atoms with van der Waals surface area (Å²) in [6, 6.07) is 4.50. The van der Waals surface area contributed by atoms with Crippen molar-refractivity contribution in [2.75, 3.05) is 33.3 Å². The number of urea groups is 1. The second-order valence-electron chi connectivity index (χ2n) is 9.14. The average Bonchev–Trinajstić information content (AvgIpc) is 3.33. The highest BCUT2D eigenvalue weighted by atomic mass is 32.2. The van der Waals surface area contributed by atoms with Gasteiger partial charge in [0.05, 0.1) is 13.2 Å². The number of ether oxygens (including phenoxy) is 1. The summed E-state index contributed by atoms with van der Waals surface area (Å²) in [7, 11) is -2.16. The van der Waals surface area contributed by atoms with Gasteiger partial charge in [0.15, 0.2) is 0 Å². The number of aliphatic hydroxyl groups excluding tert-OH is 1. The number of nitrogens with zero attached hydrogens (tertiary/aromatic N) is 2. The molecule has 0 fully saturated rings. The van der Waals surface area contributed by atoms with Crippen molar-refractivity contribution in [1.82, 2.24) is 14.5 Å². The lowest BCUT2D eigenvalue weighted by atomic mass is 10.0. The summed E-state index contributed by atoms with van der Waals surface area (Å²) in [4.78, 5) is 14.1. The second-order valence-corrected chi connectivity index (χ2v) is 11.0. The highest BCUT2D eigenvalue weighted by molar-refractivity contribution is 7.89. The van der Waals surface area contributed by atoms with E-state index in [1.807, 2.05) is 26.0 Å². The van der Waals surface area contributed by atoms with Crippen molar-refractivity contribution in [2.24, 2.45) is 5.92 Å². The Morgan fingerprint density at radius 1 is 1.39 bits per heavy atom.